The van der Waals surface area contributed by atoms with Gasteiger partial charge in [-0.25, -0.2) is 9.59 Å². The molecule has 1 N–H and O–H groups in total. The van der Waals surface area contributed by atoms with Crippen LogP contribution in [0.5, 0.6) is 0 Å². The van der Waals surface area contributed by atoms with Crippen LogP contribution in [0.3, 0.4) is 0 Å². The number of ether oxygens (including phenoxy) is 2. The fourth-order valence-electron chi connectivity index (χ4n) is 7.75. The molecule has 7 nitrogen and oxygen atoms in total. The van der Waals surface area contributed by atoms with Crippen molar-refractivity contribution >= 4 is 22.1 Å². The fraction of sp³-hybridized carbons (Fsp3) is 0.769. The number of benzene rings is 1. The molecule has 0 aromatic heterocycles. The molecule has 60 heavy (non-hydrogen) atoms. The number of hydrogen-bond acceptors (Lipinski definition) is 6. The zero-order valence-electron chi connectivity index (χ0n) is 38.7. The van der Waals surface area contributed by atoms with E-state index in [0.717, 1.165) is 31.7 Å². The number of rotatable bonds is 43. The maximum Gasteiger partial charge on any atom is 0.340 e. The molecule has 1 rings (SSSR count). The third-order valence-electron chi connectivity index (χ3n) is 11.5. The molecule has 0 heterocycles. The fourth-order valence-corrected chi connectivity index (χ4v) is 8.45. The van der Waals surface area contributed by atoms with Crippen molar-refractivity contribution in [3.63, 3.8) is 0 Å². The summed E-state index contributed by atoms with van der Waals surface area (Å²) in [6.45, 7) is 4.72. The van der Waals surface area contributed by atoms with Crippen LogP contribution < -0.4 is 0 Å². The smallest absolute Gasteiger partial charge is 0.340 e. The lowest BCUT2D eigenvalue weighted by Gasteiger charge is -2.12. The molecule has 0 aliphatic carbocycles. The summed E-state index contributed by atoms with van der Waals surface area (Å²) in [5.74, 6) is -1.80. The highest BCUT2D eigenvalue weighted by molar-refractivity contribution is 7.86. The van der Waals surface area contributed by atoms with Gasteiger partial charge in [0, 0.05) is 0 Å². The summed E-state index contributed by atoms with van der Waals surface area (Å²) in [4.78, 5) is 25.4. The molecule has 0 unspecified atom stereocenters. The highest BCUT2D eigenvalue weighted by Crippen LogP contribution is 2.23. The van der Waals surface area contributed by atoms with Crippen molar-refractivity contribution in [2.45, 2.75) is 250 Å². The Morgan fingerprint density at radius 1 is 0.450 bits per heavy atom. The Bertz CT molecular complexity index is 1340. The number of carbonyl (C=O) groups is 2. The minimum absolute atomic E-state index is 0.0577. The topological polar surface area (TPSA) is 107 Å². The number of hydrogen-bond donors (Lipinski definition) is 1. The highest BCUT2D eigenvalue weighted by Gasteiger charge is 2.28. The number of esters is 2. The standard InChI is InChI=1S/C52H90O7S/c1-3-5-7-9-11-13-15-17-19-21-23-25-27-29-31-33-35-37-39-41-46-58-51(53)48-44-43-45-49(60(55,56)57)50(48)52(54)59-47-42-40-38-36-34-32-30-28-26-24-22-20-18-16-14-12-10-8-6-4-2/h35-38,43-45H,3-34,39-42,46-47H2,1-2H3,(H,55,56,57)/b37-35+,38-36+. The van der Waals surface area contributed by atoms with E-state index in [1.54, 1.807) is 0 Å². The minimum Gasteiger partial charge on any atom is -0.462 e. The van der Waals surface area contributed by atoms with Crippen LogP contribution in [-0.4, -0.2) is 38.1 Å². The lowest BCUT2D eigenvalue weighted by Crippen LogP contribution is -2.19. The largest absolute Gasteiger partial charge is 0.462 e. The molecule has 0 saturated heterocycles. The first-order valence-electron chi connectivity index (χ1n) is 25.1. The van der Waals surface area contributed by atoms with Crippen molar-refractivity contribution in [2.24, 2.45) is 0 Å². The van der Waals surface area contributed by atoms with E-state index in [9.17, 15) is 22.6 Å². The highest BCUT2D eigenvalue weighted by atomic mass is 32.2. The molecule has 0 aliphatic rings. The summed E-state index contributed by atoms with van der Waals surface area (Å²) in [6, 6.07) is 3.72. The summed E-state index contributed by atoms with van der Waals surface area (Å²) in [6.07, 6.45) is 53.8. The quantitative estimate of drug-likeness (QED) is 0.0302. The van der Waals surface area contributed by atoms with E-state index in [4.69, 9.17) is 9.47 Å². The molecule has 0 fully saturated rings. The van der Waals surface area contributed by atoms with Crippen molar-refractivity contribution in [1.29, 1.82) is 0 Å². The molecule has 0 saturated carbocycles. The Hall–Kier alpha value is -2.45. The van der Waals surface area contributed by atoms with Crippen molar-refractivity contribution in [1.82, 2.24) is 0 Å². The van der Waals surface area contributed by atoms with Crippen LogP contribution in [0, 0.1) is 0 Å². The average molecular weight is 859 g/mol. The minimum atomic E-state index is -4.78. The third-order valence-corrected chi connectivity index (χ3v) is 12.4. The number of unbranched alkanes of at least 4 members (excludes halogenated alkanes) is 32. The van der Waals surface area contributed by atoms with Gasteiger partial charge in [0.05, 0.1) is 24.3 Å². The average Bonchev–Trinajstić information content (AvgIpc) is 3.24. The molecule has 0 bridgehead atoms. The van der Waals surface area contributed by atoms with E-state index in [0.29, 0.717) is 12.8 Å². The monoisotopic (exact) mass is 859 g/mol. The zero-order chi connectivity index (χ0) is 43.6. The molecule has 1 aromatic carbocycles. The van der Waals surface area contributed by atoms with Crippen molar-refractivity contribution < 1.29 is 32.0 Å². The van der Waals surface area contributed by atoms with E-state index in [-0.39, 0.29) is 18.8 Å². The number of allylic oxidation sites excluding steroid dienone is 4. The normalized spacial score (nSPS) is 11.9. The summed E-state index contributed by atoms with van der Waals surface area (Å²) >= 11 is 0. The maximum atomic E-state index is 13.1. The number of carbonyl (C=O) groups excluding carboxylic acids is 2. The van der Waals surface area contributed by atoms with E-state index < -0.39 is 32.5 Å². The Morgan fingerprint density at radius 3 is 1.08 bits per heavy atom. The molecular weight excluding hydrogens is 769 g/mol. The van der Waals surface area contributed by atoms with Crippen LogP contribution in [0.4, 0.5) is 0 Å². The second kappa shape index (κ2) is 40.6. The van der Waals surface area contributed by atoms with Crippen LogP contribution in [-0.2, 0) is 19.6 Å². The van der Waals surface area contributed by atoms with Crippen LogP contribution >= 0.6 is 0 Å². The van der Waals surface area contributed by atoms with Gasteiger partial charge in [0.25, 0.3) is 10.1 Å². The first-order chi connectivity index (χ1) is 29.3. The van der Waals surface area contributed by atoms with Crippen LogP contribution in [0.2, 0.25) is 0 Å². The van der Waals surface area contributed by atoms with Crippen molar-refractivity contribution in [3.8, 4) is 0 Å². The summed E-state index contributed by atoms with van der Waals surface area (Å²) in [7, 11) is -4.78. The Kier molecular flexibility index (Phi) is 37.6. The first-order valence-corrected chi connectivity index (χ1v) is 26.5. The van der Waals surface area contributed by atoms with Gasteiger partial charge in [-0.05, 0) is 63.5 Å². The van der Waals surface area contributed by atoms with Gasteiger partial charge in [0.15, 0.2) is 0 Å². The van der Waals surface area contributed by atoms with Gasteiger partial charge >= 0.3 is 11.9 Å². The molecule has 0 spiro atoms. The molecule has 8 heteroatoms. The predicted molar refractivity (Wildman–Crippen MR) is 253 cm³/mol. The van der Waals surface area contributed by atoms with Gasteiger partial charge in [0.2, 0.25) is 0 Å². The van der Waals surface area contributed by atoms with E-state index in [1.165, 1.54) is 205 Å². The summed E-state index contributed by atoms with van der Waals surface area (Å²) in [5.41, 5.74) is -0.723. The summed E-state index contributed by atoms with van der Waals surface area (Å²) in [5, 5.41) is 0. The lowest BCUT2D eigenvalue weighted by atomic mass is 10.0. The third kappa shape index (κ3) is 32.3. The van der Waals surface area contributed by atoms with Crippen LogP contribution in [0.25, 0.3) is 0 Å². The lowest BCUT2D eigenvalue weighted by molar-refractivity contribution is 0.0450. The van der Waals surface area contributed by atoms with Crippen molar-refractivity contribution in [2.75, 3.05) is 13.2 Å². The molecule has 0 atom stereocenters. The molecule has 0 radical (unpaired) electrons. The first kappa shape index (κ1) is 55.6. The van der Waals surface area contributed by atoms with E-state index in [2.05, 4.69) is 38.2 Å². The molecule has 1 aromatic rings. The second-order valence-corrected chi connectivity index (χ2v) is 18.5. The van der Waals surface area contributed by atoms with Crippen molar-refractivity contribution in [3.05, 3.63) is 53.6 Å². The molecule has 346 valence electrons. The Balaban J connectivity index is 2.19. The van der Waals surface area contributed by atoms with Gasteiger partial charge in [-0.3, -0.25) is 4.55 Å². The van der Waals surface area contributed by atoms with Gasteiger partial charge in [-0.1, -0.05) is 224 Å². The molecule has 0 aliphatic heterocycles. The molecular formula is C52H90O7S. The molecule has 0 amide bonds. The van der Waals surface area contributed by atoms with Crippen LogP contribution in [0.1, 0.15) is 266 Å². The van der Waals surface area contributed by atoms with Crippen LogP contribution in [0.15, 0.2) is 47.4 Å². The Morgan fingerprint density at radius 2 is 0.750 bits per heavy atom. The van der Waals surface area contributed by atoms with E-state index >= 15 is 0 Å². The van der Waals surface area contributed by atoms with Gasteiger partial charge in [0.1, 0.15) is 4.90 Å². The summed E-state index contributed by atoms with van der Waals surface area (Å²) < 4.78 is 44.9. The van der Waals surface area contributed by atoms with Gasteiger partial charge in [-0.15, -0.1) is 0 Å². The SMILES string of the molecule is CCCCCCCCCCCCCCCCC/C=C/CCCOC(=O)c1cccc(S(=O)(=O)O)c1C(=O)OCCC/C=C/CCCCCCCCCCCCCCCCC. The Labute approximate surface area is 369 Å². The van der Waals surface area contributed by atoms with Gasteiger partial charge in [-0.2, -0.15) is 8.42 Å². The second-order valence-electron chi connectivity index (χ2n) is 17.1. The predicted octanol–water partition coefficient (Wildman–Crippen LogP) is 16.4. The zero-order valence-corrected chi connectivity index (χ0v) is 39.5. The van der Waals surface area contributed by atoms with Gasteiger partial charge < -0.3 is 9.47 Å². The van der Waals surface area contributed by atoms with E-state index in [1.807, 2.05) is 0 Å². The maximum absolute atomic E-state index is 13.1.